The summed E-state index contributed by atoms with van der Waals surface area (Å²) in [4.78, 5) is 44.5. The number of thiophene rings is 1. The van der Waals surface area contributed by atoms with Crippen molar-refractivity contribution in [3.8, 4) is 0 Å². The second-order valence-corrected chi connectivity index (χ2v) is 9.71. The number of hydrogen-bond acceptors (Lipinski definition) is 7. The van der Waals surface area contributed by atoms with E-state index in [0.29, 0.717) is 18.7 Å². The van der Waals surface area contributed by atoms with Crippen LogP contribution in [0.4, 0.5) is 0 Å². The van der Waals surface area contributed by atoms with Gasteiger partial charge in [0.1, 0.15) is 0 Å². The molecule has 2 aliphatic heterocycles. The summed E-state index contributed by atoms with van der Waals surface area (Å²) in [5.74, 6) is -0.151. The highest BCUT2D eigenvalue weighted by atomic mass is 32.1. The molecule has 178 valence electrons. The van der Waals surface area contributed by atoms with Gasteiger partial charge in [-0.15, -0.1) is 11.3 Å². The largest absolute Gasteiger partial charge is 0.369 e. The number of fused-ring (bicyclic) bond motifs is 1. The smallest absolute Gasteiger partial charge is 0.266 e. The number of carbonyl (C=O) groups excluding carboxylic acids is 2. The predicted molar refractivity (Wildman–Crippen MR) is 136 cm³/mol. The lowest BCUT2D eigenvalue weighted by Gasteiger charge is -2.27. The number of carbonyl (C=O) groups is 2. The molecule has 8 nitrogen and oxygen atoms in total. The van der Waals surface area contributed by atoms with E-state index in [1.54, 1.807) is 17.3 Å². The molecule has 2 aromatic carbocycles. The fourth-order valence-corrected chi connectivity index (χ4v) is 5.61. The summed E-state index contributed by atoms with van der Waals surface area (Å²) in [6.45, 7) is 1.11. The molecule has 0 spiro atoms. The van der Waals surface area contributed by atoms with Crippen LogP contribution in [0.2, 0.25) is 0 Å². The summed E-state index contributed by atoms with van der Waals surface area (Å²) in [7, 11) is 0. The van der Waals surface area contributed by atoms with E-state index in [1.165, 1.54) is 16.2 Å². The monoisotopic (exact) mass is 494 g/mol. The van der Waals surface area contributed by atoms with Crippen molar-refractivity contribution in [1.82, 2.24) is 19.8 Å². The zero-order valence-corrected chi connectivity index (χ0v) is 20.1. The number of rotatable bonds is 5. The van der Waals surface area contributed by atoms with Gasteiger partial charge in [-0.05, 0) is 17.2 Å². The molecule has 0 atom stereocenters. The van der Waals surface area contributed by atoms with Gasteiger partial charge < -0.3 is 10.6 Å². The third-order valence-corrected chi connectivity index (χ3v) is 7.46. The van der Waals surface area contributed by atoms with Gasteiger partial charge in [-0.1, -0.05) is 60.7 Å². The molecule has 0 radical (unpaired) electrons. The third-order valence-electron chi connectivity index (χ3n) is 6.54. The Morgan fingerprint density at radius 1 is 0.944 bits per heavy atom. The van der Waals surface area contributed by atoms with Gasteiger partial charge in [0.25, 0.3) is 11.8 Å². The van der Waals surface area contributed by atoms with Crippen molar-refractivity contribution in [3.63, 3.8) is 0 Å². The lowest BCUT2D eigenvalue weighted by molar-refractivity contribution is -0.130. The van der Waals surface area contributed by atoms with E-state index < -0.39 is 5.54 Å². The number of benzene rings is 2. The molecule has 0 bridgehead atoms. The Balaban J connectivity index is 1.26. The highest BCUT2D eigenvalue weighted by molar-refractivity contribution is 7.10. The van der Waals surface area contributed by atoms with Crippen LogP contribution in [0, 0.1) is 0 Å². The molecule has 4 heterocycles. The molecular formula is C27H22N6O2S. The van der Waals surface area contributed by atoms with Crippen molar-refractivity contribution in [2.45, 2.75) is 25.2 Å². The second kappa shape index (κ2) is 8.69. The number of nitrogens with zero attached hydrogens (tertiary/aromatic N) is 5. The Morgan fingerprint density at radius 3 is 2.11 bits per heavy atom. The molecule has 0 saturated heterocycles. The standard InChI is InChI=1S/C27H22N6O2S/c28-26-31-27(19-7-3-1-4-8-19,20-9-5-2-6-10-20)25(35)33(26)14-21-13-18(17-36-21)24(34)32-15-22-23(16-32)30-12-11-29-22/h1-13,17H,14-16H2,(H2,28,31). The molecule has 2 amide bonds. The van der Waals surface area contributed by atoms with Crippen LogP contribution in [-0.2, 0) is 30.0 Å². The summed E-state index contributed by atoms with van der Waals surface area (Å²) < 4.78 is 0. The van der Waals surface area contributed by atoms with Crippen LogP contribution in [-0.4, -0.2) is 37.5 Å². The zero-order valence-electron chi connectivity index (χ0n) is 19.2. The first-order chi connectivity index (χ1) is 17.6. The fraction of sp³-hybridized carbons (Fsp3) is 0.148. The Morgan fingerprint density at radius 2 is 1.53 bits per heavy atom. The van der Waals surface area contributed by atoms with Crippen LogP contribution in [0.25, 0.3) is 0 Å². The summed E-state index contributed by atoms with van der Waals surface area (Å²) in [6.07, 6.45) is 3.28. The highest BCUT2D eigenvalue weighted by Gasteiger charge is 2.50. The topological polar surface area (TPSA) is 105 Å². The van der Waals surface area contributed by atoms with Crippen molar-refractivity contribution < 1.29 is 9.59 Å². The van der Waals surface area contributed by atoms with Crippen LogP contribution in [0.15, 0.2) is 89.5 Å². The number of aliphatic imine (C=N–C) groups is 1. The SMILES string of the molecule is NC1=NC(c2ccccc2)(c2ccccc2)C(=O)N1Cc1cc(C(=O)N2Cc3nccnc3C2)cs1. The normalized spacial score (nSPS) is 16.2. The van der Waals surface area contributed by atoms with Crippen molar-refractivity contribution >= 4 is 29.1 Å². The molecule has 6 rings (SSSR count). The predicted octanol–water partition coefficient (Wildman–Crippen LogP) is 3.29. The minimum atomic E-state index is -1.25. The Bertz CT molecular complexity index is 1420. The molecule has 9 heteroatoms. The number of nitrogens with two attached hydrogens (primary N) is 1. The average molecular weight is 495 g/mol. The van der Waals surface area contributed by atoms with Gasteiger partial charge in [0.05, 0.1) is 36.6 Å². The van der Waals surface area contributed by atoms with Gasteiger partial charge in [-0.25, -0.2) is 4.99 Å². The highest BCUT2D eigenvalue weighted by Crippen LogP contribution is 2.40. The number of aromatic nitrogens is 2. The Hall–Kier alpha value is -4.37. The van der Waals surface area contributed by atoms with Crippen molar-refractivity contribution in [3.05, 3.63) is 117 Å². The van der Waals surface area contributed by atoms with Crippen LogP contribution < -0.4 is 5.73 Å². The number of guanidine groups is 1. The molecule has 2 aromatic heterocycles. The molecule has 2 N–H and O–H groups in total. The average Bonchev–Trinajstić information content (AvgIpc) is 3.63. The van der Waals surface area contributed by atoms with Crippen LogP contribution >= 0.6 is 11.3 Å². The molecule has 2 aliphatic rings. The maximum absolute atomic E-state index is 14.0. The van der Waals surface area contributed by atoms with E-state index in [4.69, 9.17) is 10.7 Å². The first kappa shape index (κ1) is 22.1. The maximum atomic E-state index is 14.0. The van der Waals surface area contributed by atoms with Gasteiger partial charge in [-0.3, -0.25) is 24.5 Å². The molecule has 0 aliphatic carbocycles. The van der Waals surface area contributed by atoms with E-state index in [9.17, 15) is 9.59 Å². The third kappa shape index (κ3) is 3.56. The van der Waals surface area contributed by atoms with Crippen LogP contribution in [0.5, 0.6) is 0 Å². The number of hydrogen-bond donors (Lipinski definition) is 1. The molecule has 4 aromatic rings. The van der Waals surface area contributed by atoms with Gasteiger partial charge in [0.2, 0.25) is 0 Å². The summed E-state index contributed by atoms with van der Waals surface area (Å²) in [5.41, 5.74) is 8.84. The van der Waals surface area contributed by atoms with E-state index >= 15 is 0 Å². The lowest BCUT2D eigenvalue weighted by atomic mass is 9.83. The Kier molecular flexibility index (Phi) is 5.34. The maximum Gasteiger partial charge on any atom is 0.266 e. The summed E-state index contributed by atoms with van der Waals surface area (Å²) >= 11 is 1.42. The van der Waals surface area contributed by atoms with E-state index in [-0.39, 0.29) is 24.3 Å². The summed E-state index contributed by atoms with van der Waals surface area (Å²) in [5, 5.41) is 1.82. The molecule has 36 heavy (non-hydrogen) atoms. The van der Waals surface area contributed by atoms with E-state index in [1.807, 2.05) is 72.1 Å². The van der Waals surface area contributed by atoms with Gasteiger partial charge in [-0.2, -0.15) is 0 Å². The summed E-state index contributed by atoms with van der Waals surface area (Å²) in [6, 6.07) is 20.8. The van der Waals surface area contributed by atoms with Crippen molar-refractivity contribution in [1.29, 1.82) is 0 Å². The second-order valence-electron chi connectivity index (χ2n) is 8.72. The van der Waals surface area contributed by atoms with E-state index in [0.717, 1.165) is 27.4 Å². The van der Waals surface area contributed by atoms with E-state index in [2.05, 4.69) is 9.97 Å². The van der Waals surface area contributed by atoms with Gasteiger partial charge in [0.15, 0.2) is 11.5 Å². The van der Waals surface area contributed by atoms with Crippen molar-refractivity contribution in [2.24, 2.45) is 10.7 Å². The van der Waals surface area contributed by atoms with Gasteiger partial charge in [0, 0.05) is 22.7 Å². The van der Waals surface area contributed by atoms with Crippen LogP contribution in [0.1, 0.15) is 37.7 Å². The molecule has 0 unspecified atom stereocenters. The quantitative estimate of drug-likeness (QED) is 0.458. The van der Waals surface area contributed by atoms with Crippen molar-refractivity contribution in [2.75, 3.05) is 0 Å². The Labute approximate surface area is 211 Å². The molecule has 0 saturated carbocycles. The fourth-order valence-electron chi connectivity index (χ4n) is 4.77. The molecule has 0 fully saturated rings. The first-order valence-corrected chi connectivity index (χ1v) is 12.4. The zero-order chi connectivity index (χ0) is 24.7. The van der Waals surface area contributed by atoms with Crippen LogP contribution in [0.3, 0.4) is 0 Å². The minimum absolute atomic E-state index is 0.0883. The molecular weight excluding hydrogens is 472 g/mol. The minimum Gasteiger partial charge on any atom is -0.369 e. The first-order valence-electron chi connectivity index (χ1n) is 11.5. The van der Waals surface area contributed by atoms with Gasteiger partial charge >= 0.3 is 0 Å². The number of amides is 2. The lowest BCUT2D eigenvalue weighted by Crippen LogP contribution is -2.43.